The van der Waals surface area contributed by atoms with Gasteiger partial charge in [-0.15, -0.1) is 0 Å². The van der Waals surface area contributed by atoms with Crippen LogP contribution in [0.25, 0.3) is 55.3 Å². The number of fused-ring (bicyclic) bond motifs is 6. The molecule has 1 aliphatic carbocycles. The van der Waals surface area contributed by atoms with Gasteiger partial charge in [0.25, 0.3) is 0 Å². The molecular weight excluding hydrogens is 691 g/mol. The van der Waals surface area contributed by atoms with Crippen molar-refractivity contribution in [2.24, 2.45) is 0 Å². The third-order valence-electron chi connectivity index (χ3n) is 11.8. The van der Waals surface area contributed by atoms with Crippen molar-refractivity contribution < 1.29 is 4.42 Å². The van der Waals surface area contributed by atoms with E-state index in [0.29, 0.717) is 0 Å². The van der Waals surface area contributed by atoms with Gasteiger partial charge in [-0.1, -0.05) is 194 Å². The second kappa shape index (κ2) is 13.4. The van der Waals surface area contributed by atoms with Gasteiger partial charge in [0.05, 0.1) is 11.1 Å². The van der Waals surface area contributed by atoms with Crippen molar-refractivity contribution in [3.63, 3.8) is 0 Å². The van der Waals surface area contributed by atoms with Crippen molar-refractivity contribution in [1.29, 1.82) is 0 Å². The lowest BCUT2D eigenvalue weighted by Crippen LogP contribution is -2.28. The summed E-state index contributed by atoms with van der Waals surface area (Å²) in [4.78, 5) is 2.38. The van der Waals surface area contributed by atoms with Crippen LogP contribution in [-0.4, -0.2) is 0 Å². The molecule has 57 heavy (non-hydrogen) atoms. The zero-order valence-corrected chi connectivity index (χ0v) is 31.2. The molecule has 1 aliphatic rings. The Morgan fingerprint density at radius 2 is 0.842 bits per heavy atom. The lowest BCUT2D eigenvalue weighted by atomic mass is 9.67. The third kappa shape index (κ3) is 5.18. The highest BCUT2D eigenvalue weighted by atomic mass is 16.3. The van der Waals surface area contributed by atoms with Crippen LogP contribution in [0.4, 0.5) is 17.1 Å². The molecule has 0 unspecified atom stereocenters. The van der Waals surface area contributed by atoms with Crippen LogP contribution < -0.4 is 4.90 Å². The van der Waals surface area contributed by atoms with Crippen LogP contribution in [0, 0.1) is 0 Å². The van der Waals surface area contributed by atoms with E-state index in [1.807, 2.05) is 0 Å². The predicted octanol–water partition coefficient (Wildman–Crippen LogP) is 14.8. The van der Waals surface area contributed by atoms with Crippen molar-refractivity contribution in [3.05, 3.63) is 247 Å². The fourth-order valence-corrected chi connectivity index (χ4v) is 9.26. The Hall–Kier alpha value is -7.42. The molecule has 0 N–H and O–H groups in total. The summed E-state index contributed by atoms with van der Waals surface area (Å²) in [5, 5.41) is 2.19. The summed E-state index contributed by atoms with van der Waals surface area (Å²) in [6, 6.07) is 81.0. The maximum atomic E-state index is 7.07. The van der Waals surface area contributed by atoms with Crippen molar-refractivity contribution in [2.45, 2.75) is 5.41 Å². The minimum absolute atomic E-state index is 0.525. The fourth-order valence-electron chi connectivity index (χ4n) is 9.26. The Kier molecular flexibility index (Phi) is 7.75. The first-order valence-electron chi connectivity index (χ1n) is 19.6. The molecule has 9 aromatic carbocycles. The maximum absolute atomic E-state index is 7.07. The molecule has 0 radical (unpaired) electrons. The summed E-state index contributed by atoms with van der Waals surface area (Å²) < 4.78 is 7.07. The Morgan fingerprint density at radius 3 is 1.53 bits per heavy atom. The van der Waals surface area contributed by atoms with Gasteiger partial charge in [0.1, 0.15) is 5.58 Å². The molecule has 0 bridgehead atoms. The molecule has 0 saturated heterocycles. The summed E-state index contributed by atoms with van der Waals surface area (Å²) in [5.41, 5.74) is 16.4. The topological polar surface area (TPSA) is 16.4 Å². The van der Waals surface area contributed by atoms with Gasteiger partial charge in [-0.25, -0.2) is 0 Å². The molecule has 0 aliphatic heterocycles. The minimum Gasteiger partial charge on any atom is -0.453 e. The summed E-state index contributed by atoms with van der Waals surface area (Å²) >= 11 is 0. The molecule has 0 spiro atoms. The van der Waals surface area contributed by atoms with E-state index >= 15 is 0 Å². The highest BCUT2D eigenvalue weighted by molar-refractivity contribution is 6.13. The van der Waals surface area contributed by atoms with Crippen molar-refractivity contribution >= 4 is 39.0 Å². The number of benzene rings is 9. The van der Waals surface area contributed by atoms with Crippen LogP contribution in [0.1, 0.15) is 22.3 Å². The highest BCUT2D eigenvalue weighted by Gasteiger charge is 2.46. The monoisotopic (exact) mass is 727 g/mol. The molecule has 2 nitrogen and oxygen atoms in total. The summed E-state index contributed by atoms with van der Waals surface area (Å²) in [5.74, 6) is 0. The SMILES string of the molecule is c1ccc(-c2ccc(N(c3ccc4c(c3)C(c3ccccc3)(c3ccccc3)c3ccccc3-4)c3cccc4c3oc3c(-c5ccccc5)cccc34)cc2)cc1. The van der Waals surface area contributed by atoms with Gasteiger partial charge in [0, 0.05) is 27.7 Å². The molecule has 2 heteroatoms. The first-order valence-corrected chi connectivity index (χ1v) is 19.6. The lowest BCUT2D eigenvalue weighted by molar-refractivity contribution is 0.670. The van der Waals surface area contributed by atoms with Gasteiger partial charge >= 0.3 is 0 Å². The fraction of sp³-hybridized carbons (Fsp3) is 0.0182. The first-order chi connectivity index (χ1) is 28.3. The summed E-state index contributed by atoms with van der Waals surface area (Å²) in [6.07, 6.45) is 0. The second-order valence-corrected chi connectivity index (χ2v) is 14.8. The van der Waals surface area contributed by atoms with E-state index in [9.17, 15) is 0 Å². The van der Waals surface area contributed by atoms with E-state index in [1.54, 1.807) is 0 Å². The van der Waals surface area contributed by atoms with Crippen LogP contribution in [0.15, 0.2) is 229 Å². The van der Waals surface area contributed by atoms with E-state index in [0.717, 1.165) is 50.1 Å². The van der Waals surface area contributed by atoms with E-state index in [1.165, 1.54) is 44.5 Å². The van der Waals surface area contributed by atoms with Crippen LogP contribution in [0.2, 0.25) is 0 Å². The van der Waals surface area contributed by atoms with Crippen molar-refractivity contribution in [2.75, 3.05) is 4.90 Å². The Balaban J connectivity index is 1.18. The number of rotatable bonds is 7. The zero-order valence-electron chi connectivity index (χ0n) is 31.2. The van der Waals surface area contributed by atoms with Crippen molar-refractivity contribution in [3.8, 4) is 33.4 Å². The summed E-state index contributed by atoms with van der Waals surface area (Å²) in [7, 11) is 0. The highest BCUT2D eigenvalue weighted by Crippen LogP contribution is 2.57. The van der Waals surface area contributed by atoms with Crippen LogP contribution in [0.3, 0.4) is 0 Å². The van der Waals surface area contributed by atoms with E-state index in [-0.39, 0.29) is 0 Å². The molecule has 11 rings (SSSR count). The van der Waals surface area contributed by atoms with Gasteiger partial charge in [-0.3, -0.25) is 0 Å². The third-order valence-corrected chi connectivity index (χ3v) is 11.8. The van der Waals surface area contributed by atoms with Gasteiger partial charge in [-0.2, -0.15) is 0 Å². The van der Waals surface area contributed by atoms with Gasteiger partial charge in [0.2, 0.25) is 0 Å². The van der Waals surface area contributed by atoms with Gasteiger partial charge in [-0.05, 0) is 80.4 Å². The maximum Gasteiger partial charge on any atom is 0.159 e. The van der Waals surface area contributed by atoms with Crippen LogP contribution in [-0.2, 0) is 5.41 Å². The molecule has 1 aromatic heterocycles. The number of para-hydroxylation sites is 2. The second-order valence-electron chi connectivity index (χ2n) is 14.8. The zero-order chi connectivity index (χ0) is 37.8. The van der Waals surface area contributed by atoms with E-state index in [4.69, 9.17) is 4.42 Å². The normalized spacial score (nSPS) is 12.7. The molecule has 10 aromatic rings. The van der Waals surface area contributed by atoms with E-state index < -0.39 is 5.41 Å². The lowest BCUT2D eigenvalue weighted by Gasteiger charge is -2.35. The molecular formula is C55H37NO. The number of hydrogen-bond acceptors (Lipinski definition) is 2. The average Bonchev–Trinajstić information content (AvgIpc) is 3.82. The summed E-state index contributed by atoms with van der Waals surface area (Å²) in [6.45, 7) is 0. The minimum atomic E-state index is -0.525. The standard InChI is InChI=1S/C55H37NO/c1-5-17-38(18-6-1)39-31-33-43(34-32-39)56(52-30-16-28-49-48-27-15-26-45(53(48)57-54(49)52)40-19-7-2-8-20-40)44-35-36-47-46-25-13-14-29-50(46)55(51(47)37-44,41-21-9-3-10-22-41)42-23-11-4-12-24-42/h1-37H. The first kappa shape index (κ1) is 33.0. The Morgan fingerprint density at radius 1 is 0.333 bits per heavy atom. The van der Waals surface area contributed by atoms with Gasteiger partial charge < -0.3 is 9.32 Å². The average molecular weight is 728 g/mol. The Labute approximate surface area is 332 Å². The molecule has 0 amide bonds. The number of nitrogens with zero attached hydrogens (tertiary/aromatic N) is 1. The molecule has 1 heterocycles. The quantitative estimate of drug-likeness (QED) is 0.163. The largest absolute Gasteiger partial charge is 0.453 e. The Bertz CT molecular complexity index is 3000. The van der Waals surface area contributed by atoms with E-state index in [2.05, 4.69) is 229 Å². The molecule has 0 saturated carbocycles. The molecule has 0 atom stereocenters. The number of hydrogen-bond donors (Lipinski definition) is 0. The van der Waals surface area contributed by atoms with Crippen LogP contribution in [0.5, 0.6) is 0 Å². The van der Waals surface area contributed by atoms with Crippen molar-refractivity contribution in [1.82, 2.24) is 0 Å². The van der Waals surface area contributed by atoms with Gasteiger partial charge in [0.15, 0.2) is 5.58 Å². The predicted molar refractivity (Wildman–Crippen MR) is 237 cm³/mol. The molecule has 268 valence electrons. The number of anilines is 3. The molecule has 0 fully saturated rings. The van der Waals surface area contributed by atoms with Crippen LogP contribution >= 0.6 is 0 Å². The number of furan rings is 1. The smallest absolute Gasteiger partial charge is 0.159 e.